The van der Waals surface area contributed by atoms with Crippen molar-refractivity contribution >= 4 is 11.6 Å². The van der Waals surface area contributed by atoms with E-state index in [1.807, 2.05) is 66.2 Å². The molecule has 3 aromatic rings. The van der Waals surface area contributed by atoms with E-state index in [0.717, 1.165) is 62.7 Å². The number of ether oxygens (including phenoxy) is 1. The third-order valence-electron chi connectivity index (χ3n) is 5.66. The van der Waals surface area contributed by atoms with E-state index >= 15 is 0 Å². The summed E-state index contributed by atoms with van der Waals surface area (Å²) in [6.07, 6.45) is 3.04. The normalized spacial score (nSPS) is 14.7. The van der Waals surface area contributed by atoms with E-state index < -0.39 is 0 Å². The predicted molar refractivity (Wildman–Crippen MR) is 121 cm³/mol. The minimum atomic E-state index is -0.0577. The van der Waals surface area contributed by atoms with Crippen molar-refractivity contribution in [3.05, 3.63) is 71.7 Å². The van der Waals surface area contributed by atoms with Gasteiger partial charge >= 0.3 is 0 Å². The highest BCUT2D eigenvalue weighted by molar-refractivity contribution is 5.94. The smallest absolute Gasteiger partial charge is 0.274 e. The Morgan fingerprint density at radius 2 is 1.90 bits per heavy atom. The third-order valence-corrected chi connectivity index (χ3v) is 5.66. The number of hydrogen-bond acceptors (Lipinski definition) is 5. The Balaban J connectivity index is 1.40. The highest BCUT2D eigenvalue weighted by Gasteiger charge is 2.22. The second-order valence-electron chi connectivity index (χ2n) is 7.97. The average molecular weight is 422 g/mol. The number of nitrogens with zero attached hydrogens (tertiary/aromatic N) is 4. The summed E-state index contributed by atoms with van der Waals surface area (Å²) >= 11 is 0. The molecule has 1 saturated heterocycles. The fourth-order valence-corrected chi connectivity index (χ4v) is 3.96. The molecule has 1 fully saturated rings. The van der Waals surface area contributed by atoms with Crippen LogP contribution in [-0.4, -0.2) is 71.5 Å². The van der Waals surface area contributed by atoms with E-state index in [2.05, 4.69) is 15.2 Å². The summed E-state index contributed by atoms with van der Waals surface area (Å²) in [5.74, 6) is -0.0577. The number of nitrogens with one attached hydrogen (secondary N) is 1. The van der Waals surface area contributed by atoms with Crippen LogP contribution in [0.1, 0.15) is 28.2 Å². The number of morpholine rings is 1. The number of amides is 1. The van der Waals surface area contributed by atoms with E-state index in [-0.39, 0.29) is 5.91 Å². The number of pyridine rings is 1. The van der Waals surface area contributed by atoms with Crippen molar-refractivity contribution in [2.75, 3.05) is 46.4 Å². The maximum Gasteiger partial charge on any atom is 0.274 e. The van der Waals surface area contributed by atoms with Gasteiger partial charge in [-0.25, -0.2) is 4.98 Å². The van der Waals surface area contributed by atoms with Gasteiger partial charge in [-0.15, -0.1) is 0 Å². The summed E-state index contributed by atoms with van der Waals surface area (Å²) in [4.78, 5) is 22.1. The van der Waals surface area contributed by atoms with Crippen molar-refractivity contribution in [1.29, 1.82) is 0 Å². The van der Waals surface area contributed by atoms with Gasteiger partial charge in [0, 0.05) is 39.4 Å². The zero-order valence-corrected chi connectivity index (χ0v) is 18.2. The van der Waals surface area contributed by atoms with Gasteiger partial charge < -0.3 is 19.4 Å². The lowest BCUT2D eigenvalue weighted by Gasteiger charge is -2.26. The summed E-state index contributed by atoms with van der Waals surface area (Å²) < 4.78 is 7.42. The van der Waals surface area contributed by atoms with Crippen LogP contribution in [0.3, 0.4) is 0 Å². The number of fused-ring (bicyclic) bond motifs is 1. The summed E-state index contributed by atoms with van der Waals surface area (Å²) in [5, 5.41) is 3.51. The van der Waals surface area contributed by atoms with Crippen molar-refractivity contribution in [2.45, 2.75) is 19.5 Å². The first-order chi connectivity index (χ1) is 15.2. The molecule has 164 valence electrons. The number of rotatable bonds is 9. The van der Waals surface area contributed by atoms with Crippen LogP contribution in [0.5, 0.6) is 0 Å². The number of benzene rings is 1. The predicted octanol–water partition coefficient (Wildman–Crippen LogP) is 2.42. The summed E-state index contributed by atoms with van der Waals surface area (Å²) in [5.41, 5.74) is 3.33. The molecule has 0 radical (unpaired) electrons. The van der Waals surface area contributed by atoms with Gasteiger partial charge in [0.15, 0.2) is 5.69 Å². The second kappa shape index (κ2) is 10.5. The Kier molecular flexibility index (Phi) is 7.30. The summed E-state index contributed by atoms with van der Waals surface area (Å²) in [7, 11) is 1.83. The van der Waals surface area contributed by atoms with E-state index in [1.165, 1.54) is 0 Å². The van der Waals surface area contributed by atoms with Crippen LogP contribution in [0.4, 0.5) is 0 Å². The number of carbonyl (C=O) groups is 1. The summed E-state index contributed by atoms with van der Waals surface area (Å²) in [6.45, 7) is 6.81. The summed E-state index contributed by atoms with van der Waals surface area (Å²) in [6, 6.07) is 15.9. The highest BCUT2D eigenvalue weighted by atomic mass is 16.5. The van der Waals surface area contributed by atoms with Crippen molar-refractivity contribution in [2.24, 2.45) is 0 Å². The number of aromatic nitrogens is 2. The van der Waals surface area contributed by atoms with Crippen LogP contribution in [-0.2, 0) is 17.8 Å². The molecule has 1 aromatic carbocycles. The van der Waals surface area contributed by atoms with Crippen LogP contribution in [0, 0.1) is 0 Å². The molecule has 31 heavy (non-hydrogen) atoms. The molecular formula is C24H31N5O2. The lowest BCUT2D eigenvalue weighted by molar-refractivity contribution is 0.0374. The van der Waals surface area contributed by atoms with Crippen LogP contribution in [0.2, 0.25) is 0 Å². The monoisotopic (exact) mass is 421 g/mol. The molecule has 0 aliphatic carbocycles. The van der Waals surface area contributed by atoms with Crippen LogP contribution in [0.25, 0.3) is 5.65 Å². The minimum Gasteiger partial charge on any atom is -0.379 e. The molecule has 7 heteroatoms. The Morgan fingerprint density at radius 1 is 1.13 bits per heavy atom. The lowest BCUT2D eigenvalue weighted by atomic mass is 10.2. The van der Waals surface area contributed by atoms with Crippen molar-refractivity contribution in [3.63, 3.8) is 0 Å². The molecule has 1 aliphatic rings. The zero-order valence-electron chi connectivity index (χ0n) is 18.2. The molecule has 4 rings (SSSR count). The molecule has 1 aliphatic heterocycles. The number of hydrogen-bond donors (Lipinski definition) is 1. The van der Waals surface area contributed by atoms with Crippen molar-refractivity contribution in [3.8, 4) is 0 Å². The fraction of sp³-hybridized carbons (Fsp3) is 0.417. The molecule has 1 N–H and O–H groups in total. The molecule has 1 amide bonds. The zero-order chi connectivity index (χ0) is 21.5. The number of imidazole rings is 1. The molecule has 7 nitrogen and oxygen atoms in total. The standard InChI is InChI=1S/C24H31N5O2/c1-27(19-20-8-3-2-4-9-20)24(30)23-21(29-13-6-5-10-22(29)26-23)18-25-11-7-12-28-14-16-31-17-15-28/h2-6,8-10,13,25H,7,11-12,14-19H2,1H3. The molecule has 2 aromatic heterocycles. The van der Waals surface area contributed by atoms with E-state index in [4.69, 9.17) is 4.74 Å². The molecule has 0 saturated carbocycles. The topological polar surface area (TPSA) is 62.1 Å². The van der Waals surface area contributed by atoms with E-state index in [0.29, 0.717) is 18.8 Å². The minimum absolute atomic E-state index is 0.0577. The maximum atomic E-state index is 13.2. The number of carbonyl (C=O) groups excluding carboxylic acids is 1. The molecule has 0 spiro atoms. The fourth-order valence-electron chi connectivity index (χ4n) is 3.96. The van der Waals surface area contributed by atoms with E-state index in [1.54, 1.807) is 4.90 Å². The van der Waals surface area contributed by atoms with Gasteiger partial charge in [0.25, 0.3) is 5.91 Å². The SMILES string of the molecule is CN(Cc1ccccc1)C(=O)c1nc2ccccn2c1CNCCCN1CCOCC1. The molecular weight excluding hydrogens is 390 g/mol. The third kappa shape index (κ3) is 5.50. The van der Waals surface area contributed by atoms with Gasteiger partial charge in [-0.1, -0.05) is 36.4 Å². The Morgan fingerprint density at radius 3 is 2.71 bits per heavy atom. The lowest BCUT2D eigenvalue weighted by Crippen LogP contribution is -2.37. The first-order valence-electron chi connectivity index (χ1n) is 11.0. The van der Waals surface area contributed by atoms with Crippen LogP contribution >= 0.6 is 0 Å². The quantitative estimate of drug-likeness (QED) is 0.538. The molecule has 0 bridgehead atoms. The van der Waals surface area contributed by atoms with Gasteiger partial charge in [-0.05, 0) is 37.2 Å². The first-order valence-corrected chi connectivity index (χ1v) is 11.0. The highest BCUT2D eigenvalue weighted by Crippen LogP contribution is 2.16. The largest absolute Gasteiger partial charge is 0.379 e. The molecule has 0 atom stereocenters. The Hall–Kier alpha value is -2.74. The van der Waals surface area contributed by atoms with Gasteiger partial charge in [0.2, 0.25) is 0 Å². The maximum absolute atomic E-state index is 13.2. The molecule has 3 heterocycles. The van der Waals surface area contributed by atoms with Crippen LogP contribution in [0.15, 0.2) is 54.7 Å². The van der Waals surface area contributed by atoms with Gasteiger partial charge in [-0.3, -0.25) is 9.69 Å². The van der Waals surface area contributed by atoms with Crippen molar-refractivity contribution in [1.82, 2.24) is 24.5 Å². The Labute approximate surface area is 183 Å². The Bertz CT molecular complexity index is 982. The second-order valence-corrected chi connectivity index (χ2v) is 7.97. The van der Waals surface area contributed by atoms with Gasteiger partial charge in [-0.2, -0.15) is 0 Å². The van der Waals surface area contributed by atoms with Gasteiger partial charge in [0.05, 0.1) is 18.9 Å². The first kappa shape index (κ1) is 21.5. The average Bonchev–Trinajstić information content (AvgIpc) is 3.18. The van der Waals surface area contributed by atoms with Crippen LogP contribution < -0.4 is 5.32 Å². The van der Waals surface area contributed by atoms with Gasteiger partial charge in [0.1, 0.15) is 5.65 Å². The molecule has 0 unspecified atom stereocenters. The van der Waals surface area contributed by atoms with E-state index in [9.17, 15) is 4.79 Å². The van der Waals surface area contributed by atoms with Crippen molar-refractivity contribution < 1.29 is 9.53 Å².